The summed E-state index contributed by atoms with van der Waals surface area (Å²) < 4.78 is 0. The number of halogens is 1. The van der Waals surface area contributed by atoms with Crippen molar-refractivity contribution in [3.8, 4) is 0 Å². The zero-order chi connectivity index (χ0) is 16.8. The average molecular weight is 344 g/mol. The number of nitrogens with zero attached hydrogens (tertiary/aromatic N) is 1. The van der Waals surface area contributed by atoms with Gasteiger partial charge in [0, 0.05) is 36.4 Å². The predicted octanol–water partition coefficient (Wildman–Crippen LogP) is 4.13. The predicted molar refractivity (Wildman–Crippen MR) is 98.3 cm³/mol. The van der Waals surface area contributed by atoms with Crippen LogP contribution in [0.2, 0.25) is 5.02 Å². The molecule has 2 N–H and O–H groups in total. The molecule has 0 unspecified atom stereocenters. The summed E-state index contributed by atoms with van der Waals surface area (Å²) in [6.07, 6.45) is 1.94. The van der Waals surface area contributed by atoms with Crippen molar-refractivity contribution >= 4 is 23.3 Å². The van der Waals surface area contributed by atoms with Gasteiger partial charge in [-0.05, 0) is 42.7 Å². The van der Waals surface area contributed by atoms with Gasteiger partial charge in [0.25, 0.3) is 0 Å². The molecular weight excluding hydrogens is 322 g/mol. The Balaban J connectivity index is 1.41. The highest BCUT2D eigenvalue weighted by atomic mass is 35.5. The number of para-hydroxylation sites is 1. The monoisotopic (exact) mass is 343 g/mol. The number of hydrogen-bond acceptors (Lipinski definition) is 2. The zero-order valence-electron chi connectivity index (χ0n) is 13.5. The Bertz CT molecular complexity index is 652. The quantitative estimate of drug-likeness (QED) is 0.876. The molecule has 3 rings (SSSR count). The Kier molecular flexibility index (Phi) is 5.72. The summed E-state index contributed by atoms with van der Waals surface area (Å²) in [7, 11) is 0. The highest BCUT2D eigenvalue weighted by molar-refractivity contribution is 6.30. The number of carbonyl (C=O) groups is 1. The summed E-state index contributed by atoms with van der Waals surface area (Å²) in [6, 6.07) is 17.6. The molecule has 126 valence electrons. The van der Waals surface area contributed by atoms with Gasteiger partial charge in [-0.25, -0.2) is 4.79 Å². The number of likely N-dealkylation sites (tertiary alicyclic amines) is 1. The minimum atomic E-state index is -0.127. The van der Waals surface area contributed by atoms with Gasteiger partial charge in [0.2, 0.25) is 0 Å². The maximum Gasteiger partial charge on any atom is 0.319 e. The molecule has 2 amide bonds. The van der Waals surface area contributed by atoms with Crippen LogP contribution in [0.1, 0.15) is 18.4 Å². The van der Waals surface area contributed by atoms with Gasteiger partial charge < -0.3 is 10.6 Å². The van der Waals surface area contributed by atoms with Crippen LogP contribution in [0.5, 0.6) is 0 Å². The molecule has 1 heterocycles. The van der Waals surface area contributed by atoms with E-state index in [0.29, 0.717) is 0 Å². The van der Waals surface area contributed by atoms with Crippen LogP contribution in [0.3, 0.4) is 0 Å². The fourth-order valence-electron chi connectivity index (χ4n) is 2.96. The van der Waals surface area contributed by atoms with Crippen molar-refractivity contribution in [2.45, 2.75) is 25.4 Å². The van der Waals surface area contributed by atoms with Crippen LogP contribution < -0.4 is 10.6 Å². The molecule has 4 nitrogen and oxygen atoms in total. The number of nitrogens with one attached hydrogen (secondary N) is 2. The van der Waals surface area contributed by atoms with Crippen molar-refractivity contribution in [3.05, 3.63) is 65.2 Å². The average Bonchev–Trinajstić information content (AvgIpc) is 2.59. The fourth-order valence-corrected chi connectivity index (χ4v) is 3.08. The van der Waals surface area contributed by atoms with Crippen molar-refractivity contribution in [2.24, 2.45) is 0 Å². The highest BCUT2D eigenvalue weighted by Crippen LogP contribution is 2.16. The zero-order valence-corrected chi connectivity index (χ0v) is 14.3. The first-order chi connectivity index (χ1) is 11.7. The second kappa shape index (κ2) is 8.18. The third-order valence-corrected chi connectivity index (χ3v) is 4.53. The molecule has 0 atom stereocenters. The molecule has 1 saturated heterocycles. The van der Waals surface area contributed by atoms with Crippen LogP contribution in [0.25, 0.3) is 0 Å². The third-order valence-electron chi connectivity index (χ3n) is 4.27. The molecule has 0 aliphatic carbocycles. The normalized spacial score (nSPS) is 15.9. The van der Waals surface area contributed by atoms with E-state index >= 15 is 0 Å². The number of rotatable bonds is 4. The highest BCUT2D eigenvalue weighted by Gasteiger charge is 2.20. The lowest BCUT2D eigenvalue weighted by Crippen LogP contribution is -2.45. The lowest BCUT2D eigenvalue weighted by Gasteiger charge is -2.32. The molecule has 2 aromatic rings. The molecule has 2 aromatic carbocycles. The molecule has 0 radical (unpaired) electrons. The topological polar surface area (TPSA) is 44.4 Å². The van der Waals surface area contributed by atoms with E-state index in [1.165, 1.54) is 5.56 Å². The summed E-state index contributed by atoms with van der Waals surface area (Å²) in [5.74, 6) is 0. The molecule has 1 fully saturated rings. The molecule has 0 saturated carbocycles. The Labute approximate surface area is 147 Å². The number of anilines is 1. The second-order valence-corrected chi connectivity index (χ2v) is 6.58. The van der Waals surface area contributed by atoms with Crippen molar-refractivity contribution in [2.75, 3.05) is 18.4 Å². The van der Waals surface area contributed by atoms with Crippen LogP contribution in [-0.2, 0) is 6.54 Å². The second-order valence-electron chi connectivity index (χ2n) is 6.14. The lowest BCUT2D eigenvalue weighted by molar-refractivity contribution is 0.190. The minimum Gasteiger partial charge on any atom is -0.335 e. The van der Waals surface area contributed by atoms with Crippen molar-refractivity contribution in [1.82, 2.24) is 10.2 Å². The fraction of sp³-hybridized carbons (Fsp3) is 0.316. The van der Waals surface area contributed by atoms with E-state index in [-0.39, 0.29) is 12.1 Å². The van der Waals surface area contributed by atoms with Crippen LogP contribution in [0.4, 0.5) is 10.5 Å². The van der Waals surface area contributed by atoms with Gasteiger partial charge in [0.05, 0.1) is 0 Å². The van der Waals surface area contributed by atoms with Gasteiger partial charge in [-0.2, -0.15) is 0 Å². The van der Waals surface area contributed by atoms with E-state index in [1.54, 1.807) is 0 Å². The van der Waals surface area contributed by atoms with E-state index < -0.39 is 0 Å². The maximum atomic E-state index is 12.0. The summed E-state index contributed by atoms with van der Waals surface area (Å²) >= 11 is 5.92. The van der Waals surface area contributed by atoms with Crippen LogP contribution in [0, 0.1) is 0 Å². The first kappa shape index (κ1) is 16.8. The Hall–Kier alpha value is -2.04. The summed E-state index contributed by atoms with van der Waals surface area (Å²) in [5, 5.41) is 6.70. The molecule has 5 heteroatoms. The standard InChI is InChI=1S/C19H22ClN3O/c20-16-8-6-15(7-9-16)14-23-12-10-18(11-13-23)22-19(24)21-17-4-2-1-3-5-17/h1-9,18H,10-14H2,(H2,21,22,24). The van der Waals surface area contributed by atoms with E-state index in [4.69, 9.17) is 11.6 Å². The minimum absolute atomic E-state index is 0.127. The third kappa shape index (κ3) is 4.98. The van der Waals surface area contributed by atoms with Crippen molar-refractivity contribution < 1.29 is 4.79 Å². The van der Waals surface area contributed by atoms with Gasteiger partial charge in [-0.1, -0.05) is 41.9 Å². The first-order valence-corrected chi connectivity index (χ1v) is 8.66. The number of carbonyl (C=O) groups excluding carboxylic acids is 1. The molecule has 24 heavy (non-hydrogen) atoms. The van der Waals surface area contributed by atoms with E-state index in [9.17, 15) is 4.79 Å². The van der Waals surface area contributed by atoms with Crippen LogP contribution in [-0.4, -0.2) is 30.1 Å². The van der Waals surface area contributed by atoms with Crippen LogP contribution >= 0.6 is 11.6 Å². The van der Waals surface area contributed by atoms with E-state index in [1.807, 2.05) is 42.5 Å². The number of benzene rings is 2. The van der Waals surface area contributed by atoms with E-state index in [0.717, 1.165) is 43.2 Å². The Morgan fingerprint density at radius 2 is 1.71 bits per heavy atom. The molecule has 0 spiro atoms. The lowest BCUT2D eigenvalue weighted by atomic mass is 10.0. The Morgan fingerprint density at radius 3 is 2.38 bits per heavy atom. The number of hydrogen-bond donors (Lipinski definition) is 2. The van der Waals surface area contributed by atoms with Gasteiger partial charge >= 0.3 is 6.03 Å². The molecular formula is C19H22ClN3O. The Morgan fingerprint density at radius 1 is 1.04 bits per heavy atom. The van der Waals surface area contributed by atoms with E-state index in [2.05, 4.69) is 27.7 Å². The molecule has 1 aliphatic rings. The van der Waals surface area contributed by atoms with Gasteiger partial charge in [-0.15, -0.1) is 0 Å². The van der Waals surface area contributed by atoms with Gasteiger partial charge in [-0.3, -0.25) is 4.90 Å². The number of urea groups is 1. The summed E-state index contributed by atoms with van der Waals surface area (Å²) in [4.78, 5) is 14.5. The smallest absolute Gasteiger partial charge is 0.319 e. The largest absolute Gasteiger partial charge is 0.335 e. The van der Waals surface area contributed by atoms with Crippen molar-refractivity contribution in [1.29, 1.82) is 0 Å². The SMILES string of the molecule is O=C(Nc1ccccc1)NC1CCN(Cc2ccc(Cl)cc2)CC1. The molecule has 0 aromatic heterocycles. The summed E-state index contributed by atoms with van der Waals surface area (Å²) in [5.41, 5.74) is 2.09. The number of amides is 2. The van der Waals surface area contributed by atoms with Crippen LogP contribution in [0.15, 0.2) is 54.6 Å². The molecule has 0 bridgehead atoms. The molecule has 1 aliphatic heterocycles. The van der Waals surface area contributed by atoms with Gasteiger partial charge in [0.15, 0.2) is 0 Å². The number of piperidine rings is 1. The maximum absolute atomic E-state index is 12.0. The first-order valence-electron chi connectivity index (χ1n) is 8.28. The van der Waals surface area contributed by atoms with Gasteiger partial charge in [0.1, 0.15) is 0 Å². The van der Waals surface area contributed by atoms with Crippen molar-refractivity contribution in [3.63, 3.8) is 0 Å². The summed E-state index contributed by atoms with van der Waals surface area (Å²) in [6.45, 7) is 2.90.